The first-order valence-electron chi connectivity index (χ1n) is 7.08. The highest BCUT2D eigenvalue weighted by atomic mass is 16.5. The van der Waals surface area contributed by atoms with Crippen LogP contribution in [0.25, 0.3) is 0 Å². The standard InChI is InChI=1S/C14H24N2O/c15-10-17-14-7-3-12(4-8-14)9-11-1-5-13(16)6-2-11/h11-14H,1-9,16H2. The summed E-state index contributed by atoms with van der Waals surface area (Å²) < 4.78 is 5.02. The monoisotopic (exact) mass is 236 g/mol. The molecule has 96 valence electrons. The lowest BCUT2D eigenvalue weighted by atomic mass is 9.76. The summed E-state index contributed by atoms with van der Waals surface area (Å²) in [6.45, 7) is 0. The third kappa shape index (κ3) is 3.89. The molecule has 2 N–H and O–H groups in total. The van der Waals surface area contributed by atoms with Crippen molar-refractivity contribution in [2.24, 2.45) is 17.6 Å². The molecule has 0 saturated heterocycles. The van der Waals surface area contributed by atoms with E-state index in [0.717, 1.165) is 24.7 Å². The molecule has 3 nitrogen and oxygen atoms in total. The van der Waals surface area contributed by atoms with E-state index in [1.54, 1.807) is 0 Å². The second-order valence-corrected chi connectivity index (χ2v) is 5.87. The van der Waals surface area contributed by atoms with Crippen LogP contribution in [0.1, 0.15) is 57.8 Å². The van der Waals surface area contributed by atoms with Gasteiger partial charge in [-0.1, -0.05) is 0 Å². The SMILES string of the molecule is N#COC1CCC(CC2CCC(N)CC2)CC1. The van der Waals surface area contributed by atoms with Gasteiger partial charge in [0, 0.05) is 6.04 Å². The molecule has 0 atom stereocenters. The van der Waals surface area contributed by atoms with Crippen LogP contribution in [0.3, 0.4) is 0 Å². The maximum absolute atomic E-state index is 8.49. The number of rotatable bonds is 3. The van der Waals surface area contributed by atoms with E-state index in [9.17, 15) is 0 Å². The van der Waals surface area contributed by atoms with E-state index in [4.69, 9.17) is 15.7 Å². The van der Waals surface area contributed by atoms with Crippen molar-refractivity contribution >= 4 is 0 Å². The Kier molecular flexibility index (Phi) is 4.67. The maximum Gasteiger partial charge on any atom is 0.286 e. The summed E-state index contributed by atoms with van der Waals surface area (Å²) in [7, 11) is 0. The van der Waals surface area contributed by atoms with Gasteiger partial charge >= 0.3 is 0 Å². The van der Waals surface area contributed by atoms with E-state index in [-0.39, 0.29) is 6.10 Å². The Labute approximate surface area is 104 Å². The van der Waals surface area contributed by atoms with Crippen molar-refractivity contribution in [1.29, 1.82) is 5.26 Å². The highest BCUT2D eigenvalue weighted by molar-refractivity contribution is 4.80. The van der Waals surface area contributed by atoms with Crippen LogP contribution >= 0.6 is 0 Å². The molecular formula is C14H24N2O. The van der Waals surface area contributed by atoms with Gasteiger partial charge in [0.15, 0.2) is 0 Å². The van der Waals surface area contributed by atoms with E-state index in [2.05, 4.69) is 0 Å². The second kappa shape index (κ2) is 6.26. The molecule has 2 fully saturated rings. The van der Waals surface area contributed by atoms with Gasteiger partial charge in [-0.15, -0.1) is 0 Å². The number of nitrogens with two attached hydrogens (primary N) is 1. The lowest BCUT2D eigenvalue weighted by Gasteiger charge is -2.32. The molecular weight excluding hydrogens is 212 g/mol. The van der Waals surface area contributed by atoms with E-state index < -0.39 is 0 Å². The normalized spacial score (nSPS) is 38.4. The Balaban J connectivity index is 1.66. The predicted octanol–water partition coefficient (Wildman–Crippen LogP) is 2.95. The van der Waals surface area contributed by atoms with Crippen LogP contribution < -0.4 is 5.73 Å². The minimum absolute atomic E-state index is 0.205. The van der Waals surface area contributed by atoms with Crippen molar-refractivity contribution in [2.75, 3.05) is 0 Å². The van der Waals surface area contributed by atoms with Crippen molar-refractivity contribution in [3.63, 3.8) is 0 Å². The molecule has 0 aromatic carbocycles. The van der Waals surface area contributed by atoms with Crippen LogP contribution in [0.4, 0.5) is 0 Å². The zero-order chi connectivity index (χ0) is 12.1. The Morgan fingerprint density at radius 2 is 1.47 bits per heavy atom. The number of hydrogen-bond donors (Lipinski definition) is 1. The van der Waals surface area contributed by atoms with Crippen LogP contribution in [0.5, 0.6) is 0 Å². The summed E-state index contributed by atoms with van der Waals surface area (Å²) in [5.74, 6) is 1.78. The van der Waals surface area contributed by atoms with Crippen molar-refractivity contribution in [1.82, 2.24) is 0 Å². The molecule has 0 bridgehead atoms. The molecule has 3 heteroatoms. The highest BCUT2D eigenvalue weighted by Crippen LogP contribution is 2.35. The van der Waals surface area contributed by atoms with E-state index >= 15 is 0 Å². The molecule has 2 aliphatic rings. The Morgan fingerprint density at radius 3 is 2.00 bits per heavy atom. The maximum atomic E-state index is 8.49. The summed E-state index contributed by atoms with van der Waals surface area (Å²) in [6.07, 6.45) is 13.1. The molecule has 2 aliphatic carbocycles. The summed E-state index contributed by atoms with van der Waals surface area (Å²) in [6, 6.07) is 0.464. The first kappa shape index (κ1) is 12.7. The smallest absolute Gasteiger partial charge is 0.286 e. The van der Waals surface area contributed by atoms with Gasteiger partial charge in [0.25, 0.3) is 6.26 Å². The molecule has 0 radical (unpaired) electrons. The molecule has 2 rings (SSSR count). The second-order valence-electron chi connectivity index (χ2n) is 5.87. The number of hydrogen-bond acceptors (Lipinski definition) is 3. The zero-order valence-corrected chi connectivity index (χ0v) is 10.6. The number of ether oxygens (including phenoxy) is 1. The molecule has 2 saturated carbocycles. The topological polar surface area (TPSA) is 59.0 Å². The fourth-order valence-corrected chi connectivity index (χ4v) is 3.46. The molecule has 0 aromatic heterocycles. The fourth-order valence-electron chi connectivity index (χ4n) is 3.46. The van der Waals surface area contributed by atoms with Crippen molar-refractivity contribution < 1.29 is 4.74 Å². The van der Waals surface area contributed by atoms with Crippen LogP contribution in [0.2, 0.25) is 0 Å². The minimum atomic E-state index is 0.205. The lowest BCUT2D eigenvalue weighted by molar-refractivity contribution is 0.0915. The Morgan fingerprint density at radius 1 is 0.941 bits per heavy atom. The fraction of sp³-hybridized carbons (Fsp3) is 0.929. The largest absolute Gasteiger partial charge is 0.424 e. The average Bonchev–Trinajstić information content (AvgIpc) is 2.35. The van der Waals surface area contributed by atoms with Crippen LogP contribution in [-0.2, 0) is 4.74 Å². The lowest BCUT2D eigenvalue weighted by Crippen LogP contribution is -2.28. The van der Waals surface area contributed by atoms with Crippen LogP contribution in [0.15, 0.2) is 0 Å². The van der Waals surface area contributed by atoms with Crippen molar-refractivity contribution in [3.8, 4) is 6.26 Å². The van der Waals surface area contributed by atoms with Gasteiger partial charge in [0.05, 0.1) is 0 Å². The van der Waals surface area contributed by atoms with Gasteiger partial charge in [-0.3, -0.25) is 0 Å². The molecule has 0 spiro atoms. The minimum Gasteiger partial charge on any atom is -0.424 e. The quantitative estimate of drug-likeness (QED) is 0.766. The van der Waals surface area contributed by atoms with Gasteiger partial charge in [0.2, 0.25) is 0 Å². The van der Waals surface area contributed by atoms with Gasteiger partial charge in [-0.05, 0) is 69.6 Å². The van der Waals surface area contributed by atoms with E-state index in [1.807, 2.05) is 6.26 Å². The van der Waals surface area contributed by atoms with E-state index in [1.165, 1.54) is 44.9 Å². The Hall–Kier alpha value is -0.750. The van der Waals surface area contributed by atoms with Gasteiger partial charge in [-0.25, -0.2) is 0 Å². The summed E-state index contributed by atoms with van der Waals surface area (Å²) in [4.78, 5) is 0. The van der Waals surface area contributed by atoms with Gasteiger partial charge < -0.3 is 10.5 Å². The first-order valence-corrected chi connectivity index (χ1v) is 7.08. The molecule has 0 aliphatic heterocycles. The summed E-state index contributed by atoms with van der Waals surface area (Å²) >= 11 is 0. The van der Waals surface area contributed by atoms with Gasteiger partial charge in [0.1, 0.15) is 6.10 Å². The van der Waals surface area contributed by atoms with Crippen molar-refractivity contribution in [2.45, 2.75) is 69.9 Å². The third-order valence-corrected chi connectivity index (χ3v) is 4.57. The van der Waals surface area contributed by atoms with Gasteiger partial charge in [-0.2, -0.15) is 5.26 Å². The molecule has 0 unspecified atom stereocenters. The molecule has 0 heterocycles. The number of nitriles is 1. The van der Waals surface area contributed by atoms with Crippen LogP contribution in [-0.4, -0.2) is 12.1 Å². The number of nitrogens with zero attached hydrogens (tertiary/aromatic N) is 1. The first-order chi connectivity index (χ1) is 8.28. The molecule has 0 aromatic rings. The predicted molar refractivity (Wildman–Crippen MR) is 67.0 cm³/mol. The van der Waals surface area contributed by atoms with Crippen molar-refractivity contribution in [3.05, 3.63) is 0 Å². The van der Waals surface area contributed by atoms with E-state index in [0.29, 0.717) is 6.04 Å². The molecule has 17 heavy (non-hydrogen) atoms. The third-order valence-electron chi connectivity index (χ3n) is 4.57. The highest BCUT2D eigenvalue weighted by Gasteiger charge is 2.26. The Bertz CT molecular complexity index is 258. The average molecular weight is 236 g/mol. The molecule has 0 amide bonds. The summed E-state index contributed by atoms with van der Waals surface area (Å²) in [5, 5.41) is 8.49. The van der Waals surface area contributed by atoms with Crippen LogP contribution in [0, 0.1) is 23.4 Å². The summed E-state index contributed by atoms with van der Waals surface area (Å²) in [5.41, 5.74) is 5.93. The zero-order valence-electron chi connectivity index (χ0n) is 10.6.